The number of nitrogens with two attached hydrogens (primary N) is 1. The average molecular weight is 851 g/mol. The Labute approximate surface area is 347 Å². The number of amides is 5. The van der Waals surface area contributed by atoms with Crippen LogP contribution in [0.5, 0.6) is 5.75 Å². The molecule has 5 amide bonds. The van der Waals surface area contributed by atoms with Crippen LogP contribution in [0.15, 0.2) is 51.7 Å². The first kappa shape index (κ1) is 43.8. The van der Waals surface area contributed by atoms with E-state index in [0.717, 1.165) is 55.3 Å². The minimum Gasteiger partial charge on any atom is -0.505 e. The van der Waals surface area contributed by atoms with E-state index in [2.05, 4.69) is 26.6 Å². The van der Waals surface area contributed by atoms with Crippen LogP contribution in [0.1, 0.15) is 84.9 Å². The summed E-state index contributed by atoms with van der Waals surface area (Å²) in [6, 6.07) is 7.06. The molecule has 0 spiro atoms. The molecule has 1 unspecified atom stereocenters. The molecule has 320 valence electrons. The van der Waals surface area contributed by atoms with Gasteiger partial charge < -0.3 is 46.9 Å². The zero-order chi connectivity index (χ0) is 42.9. The quantitative estimate of drug-likeness (QED) is 0.0347. The first-order chi connectivity index (χ1) is 28.8. The van der Waals surface area contributed by atoms with Crippen LogP contribution in [0.3, 0.4) is 0 Å². The molecule has 60 heavy (non-hydrogen) atoms. The van der Waals surface area contributed by atoms with Crippen molar-refractivity contribution in [2.75, 3.05) is 25.4 Å². The second kappa shape index (κ2) is 20.0. The molecule has 2 aromatic carbocycles. The number of carboxylic acid groups (broad SMARTS) is 1. The summed E-state index contributed by atoms with van der Waals surface area (Å²) in [5.74, 6) is -4.38. The van der Waals surface area contributed by atoms with Crippen molar-refractivity contribution in [3.05, 3.63) is 75.4 Å². The highest BCUT2D eigenvalue weighted by atomic mass is 32.2. The maximum Gasteiger partial charge on any atom is 0.336 e. The van der Waals surface area contributed by atoms with Gasteiger partial charge in [-0.15, -0.1) is 0 Å². The minimum absolute atomic E-state index is 0.000644. The van der Waals surface area contributed by atoms with Gasteiger partial charge >= 0.3 is 12.0 Å². The van der Waals surface area contributed by atoms with E-state index in [9.17, 15) is 47.8 Å². The number of hydrogen-bond donors (Lipinski definition) is 8. The zero-order valence-electron chi connectivity index (χ0n) is 32.7. The van der Waals surface area contributed by atoms with Crippen LogP contribution in [-0.4, -0.2) is 88.7 Å². The van der Waals surface area contributed by atoms with Gasteiger partial charge in [0.25, 0.3) is 5.91 Å². The average Bonchev–Trinajstić information content (AvgIpc) is 3.77. The largest absolute Gasteiger partial charge is 0.505 e. The van der Waals surface area contributed by atoms with Crippen LogP contribution in [0.25, 0.3) is 33.4 Å². The second-order valence-corrected chi connectivity index (χ2v) is 16.3. The highest BCUT2D eigenvalue weighted by molar-refractivity contribution is 8.00. The van der Waals surface area contributed by atoms with Crippen LogP contribution < -0.4 is 37.7 Å². The van der Waals surface area contributed by atoms with E-state index in [1.165, 1.54) is 12.1 Å². The first-order valence-corrected chi connectivity index (χ1v) is 21.1. The van der Waals surface area contributed by atoms with Crippen molar-refractivity contribution in [1.82, 2.24) is 26.6 Å². The Balaban J connectivity index is 0.875. The normalized spacial score (nSPS) is 17.5. The fourth-order valence-electron chi connectivity index (χ4n) is 7.56. The van der Waals surface area contributed by atoms with Gasteiger partial charge in [-0.25, -0.2) is 18.4 Å². The van der Waals surface area contributed by atoms with Crippen LogP contribution in [0.2, 0.25) is 0 Å². The highest BCUT2D eigenvalue weighted by Gasteiger charge is 2.42. The molecule has 15 nitrogen and oxygen atoms in total. The summed E-state index contributed by atoms with van der Waals surface area (Å²) in [7, 11) is 0. The van der Waals surface area contributed by atoms with E-state index >= 15 is 0 Å². The number of nitrogens with one attached hydrogen (secondary N) is 5. The molecule has 4 atom stereocenters. The van der Waals surface area contributed by atoms with Crippen LogP contribution in [0.4, 0.5) is 13.6 Å². The van der Waals surface area contributed by atoms with Gasteiger partial charge in [0.15, 0.2) is 17.4 Å². The van der Waals surface area contributed by atoms with E-state index < -0.39 is 40.7 Å². The smallest absolute Gasteiger partial charge is 0.336 e. The number of benzene rings is 3. The summed E-state index contributed by atoms with van der Waals surface area (Å²) < 4.78 is 34.7. The Kier molecular flexibility index (Phi) is 14.6. The zero-order valence-corrected chi connectivity index (χ0v) is 33.6. The second-order valence-electron chi connectivity index (χ2n) is 15.0. The number of rotatable bonds is 20. The Morgan fingerprint density at radius 3 is 2.40 bits per heavy atom. The standard InChI is InChI=1S/C42H48F2N6O9S/c43-27-17-25-33(19-31(27)51)59-34-20-32(52)28(44)18-26(34)37(25)23-12-11-22(16-24(23)41(56)57)39(54)47-14-5-1-6-15-48-40(55)29(45)8-4-7-13-46-36(53)10-3-2-9-35-38-30(21-60-35)49-42(58)50-38/h11-12,16-20,29-30,35,38,51H,1-10,13-15,21,45H2,(H,46,53)(H,47,54)(H,48,55)(H,56,57)(H2,49,50,58)/t29?,30-,35-,38-/m0/s1. The number of phenols is 1. The molecule has 3 heterocycles. The number of carbonyl (C=O) groups excluding carboxylic acids is 4. The summed E-state index contributed by atoms with van der Waals surface area (Å²) in [6.45, 7) is 1.17. The monoisotopic (exact) mass is 850 g/mol. The Bertz CT molecular complexity index is 2290. The van der Waals surface area contributed by atoms with Crippen molar-refractivity contribution >= 4 is 52.5 Å². The molecule has 2 saturated heterocycles. The van der Waals surface area contributed by atoms with Crippen molar-refractivity contribution in [1.29, 1.82) is 0 Å². The van der Waals surface area contributed by atoms with Crippen molar-refractivity contribution < 1.29 is 47.4 Å². The molecule has 18 heteroatoms. The minimum atomic E-state index is -1.43. The lowest BCUT2D eigenvalue weighted by Crippen LogP contribution is -2.41. The maximum absolute atomic E-state index is 14.5. The summed E-state index contributed by atoms with van der Waals surface area (Å²) in [5, 5.41) is 34.9. The molecular weight excluding hydrogens is 803 g/mol. The van der Waals surface area contributed by atoms with Gasteiger partial charge in [-0.3, -0.25) is 19.2 Å². The predicted molar refractivity (Wildman–Crippen MR) is 221 cm³/mol. The number of phenolic OH excluding ortho intramolecular Hbond substituents is 1. The van der Waals surface area contributed by atoms with E-state index in [1.54, 1.807) is 0 Å². The summed E-state index contributed by atoms with van der Waals surface area (Å²) in [4.78, 5) is 73.7. The number of hydrogen-bond acceptors (Lipinski definition) is 10. The van der Waals surface area contributed by atoms with Gasteiger partial charge in [0.2, 0.25) is 17.2 Å². The third-order valence-electron chi connectivity index (χ3n) is 10.7. The lowest BCUT2D eigenvalue weighted by atomic mass is 9.89. The van der Waals surface area contributed by atoms with E-state index in [-0.39, 0.29) is 81.0 Å². The first-order valence-electron chi connectivity index (χ1n) is 20.0. The summed E-state index contributed by atoms with van der Waals surface area (Å²) >= 11 is 1.86. The summed E-state index contributed by atoms with van der Waals surface area (Å²) in [5.41, 5.74) is 4.66. The van der Waals surface area contributed by atoms with Crippen molar-refractivity contribution in [2.45, 2.75) is 87.6 Å². The molecule has 0 saturated carbocycles. The van der Waals surface area contributed by atoms with Gasteiger partial charge in [0, 0.05) is 71.3 Å². The number of aromatic carboxylic acids is 1. The van der Waals surface area contributed by atoms with Crippen LogP contribution >= 0.6 is 11.8 Å². The van der Waals surface area contributed by atoms with Crippen molar-refractivity contribution in [3.8, 4) is 28.2 Å². The molecule has 1 aliphatic carbocycles. The number of carbonyl (C=O) groups is 5. The van der Waals surface area contributed by atoms with Gasteiger partial charge in [-0.1, -0.05) is 12.5 Å². The highest BCUT2D eigenvalue weighted by Crippen LogP contribution is 2.43. The van der Waals surface area contributed by atoms with E-state index in [1.807, 2.05) is 11.8 Å². The number of unbranched alkanes of at least 4 members (excludes halogenated alkanes) is 4. The molecule has 6 rings (SSSR count). The van der Waals surface area contributed by atoms with Gasteiger partial charge in [-0.05, 0) is 81.2 Å². The number of carboxylic acids is 1. The van der Waals surface area contributed by atoms with Crippen LogP contribution in [0, 0.1) is 11.6 Å². The third-order valence-corrected chi connectivity index (χ3v) is 12.3. The SMILES string of the molecule is NC(CCCCNC(=O)CCCC[C@@H]1SC[C@@H]2NC(=O)N[C@@H]21)C(=O)NCCCCCNC(=O)c1ccc(-c2c3cc(F)c(=O)cc-3oc3cc(O)c(F)cc23)c(C(=O)O)c1. The van der Waals surface area contributed by atoms with E-state index in [0.29, 0.717) is 63.3 Å². The van der Waals surface area contributed by atoms with Crippen LogP contribution in [-0.2, 0) is 9.59 Å². The molecule has 3 aliphatic heterocycles. The van der Waals surface area contributed by atoms with Gasteiger partial charge in [0.1, 0.15) is 11.3 Å². The number of aromatic hydroxyl groups is 1. The molecule has 2 fully saturated rings. The molecule has 0 aromatic heterocycles. The third kappa shape index (κ3) is 10.7. The molecule has 2 aromatic rings. The van der Waals surface area contributed by atoms with Gasteiger partial charge in [0.05, 0.1) is 23.7 Å². The van der Waals surface area contributed by atoms with Gasteiger partial charge in [-0.2, -0.15) is 11.8 Å². The van der Waals surface area contributed by atoms with Crippen molar-refractivity contribution in [2.24, 2.45) is 5.73 Å². The maximum atomic E-state index is 14.5. The molecule has 9 N–H and O–H groups in total. The topological polar surface area (TPSA) is 242 Å². The summed E-state index contributed by atoms with van der Waals surface area (Å²) in [6.07, 6.45) is 6.83. The molecule has 0 bridgehead atoms. The fourth-order valence-corrected chi connectivity index (χ4v) is 9.10. The molecule has 4 aliphatic rings. The van der Waals surface area contributed by atoms with Crippen molar-refractivity contribution in [3.63, 3.8) is 0 Å². The lowest BCUT2D eigenvalue weighted by Gasteiger charge is -2.17. The fraction of sp³-hybridized carbons (Fsp3) is 0.429. The Morgan fingerprint density at radius 2 is 1.62 bits per heavy atom. The number of thioether (sulfide) groups is 1. The Morgan fingerprint density at radius 1 is 0.867 bits per heavy atom. The molecule has 0 radical (unpaired) electrons. The molecular formula is C42H48F2N6O9S. The lowest BCUT2D eigenvalue weighted by molar-refractivity contribution is -0.123. The Hall–Kier alpha value is -5.75. The predicted octanol–water partition coefficient (Wildman–Crippen LogP) is 4.60. The number of fused-ring (bicyclic) bond motifs is 3. The van der Waals surface area contributed by atoms with E-state index in [4.69, 9.17) is 10.2 Å². The number of urea groups is 1. The number of halogens is 2.